The van der Waals surface area contributed by atoms with Crippen molar-refractivity contribution < 1.29 is 9.53 Å². The molecule has 4 heteroatoms. The zero-order valence-corrected chi connectivity index (χ0v) is 11.8. The van der Waals surface area contributed by atoms with E-state index in [2.05, 4.69) is 13.2 Å². The summed E-state index contributed by atoms with van der Waals surface area (Å²) in [7, 11) is 1.57. The van der Waals surface area contributed by atoms with E-state index in [4.69, 9.17) is 16.3 Å². The van der Waals surface area contributed by atoms with Gasteiger partial charge in [0.1, 0.15) is 5.75 Å². The summed E-state index contributed by atoms with van der Waals surface area (Å²) in [4.78, 5) is 13.9. The minimum atomic E-state index is -0.0135. The number of ether oxygens (including phenoxy) is 1. The number of methoxy groups -OCH3 is 1. The third kappa shape index (κ3) is 4.45. The van der Waals surface area contributed by atoms with Gasteiger partial charge in [-0.3, -0.25) is 4.79 Å². The molecular weight excluding hydrogens is 262 g/mol. The fraction of sp³-hybridized carbons (Fsp3) is 0.267. The van der Waals surface area contributed by atoms with Gasteiger partial charge in [-0.25, -0.2) is 0 Å². The lowest BCUT2D eigenvalue weighted by atomic mass is 10.1. The summed E-state index contributed by atoms with van der Waals surface area (Å²) in [6.45, 7) is 8.28. The van der Waals surface area contributed by atoms with Crippen molar-refractivity contribution in [2.75, 3.05) is 20.2 Å². The lowest BCUT2D eigenvalue weighted by molar-refractivity contribution is -0.129. The fourth-order valence-electron chi connectivity index (χ4n) is 1.75. The van der Waals surface area contributed by atoms with Gasteiger partial charge in [0.2, 0.25) is 5.91 Å². The molecule has 0 atom stereocenters. The largest absolute Gasteiger partial charge is 0.496 e. The number of carbonyl (C=O) groups is 1. The third-order valence-electron chi connectivity index (χ3n) is 2.64. The number of rotatable bonds is 7. The summed E-state index contributed by atoms with van der Waals surface area (Å²) in [5.74, 6) is 0.648. The first-order valence-corrected chi connectivity index (χ1v) is 6.32. The SMILES string of the molecule is C=CCN(CC=C)C(=O)Cc1cc(Cl)ccc1OC. The van der Waals surface area contributed by atoms with Crippen LogP contribution in [0.4, 0.5) is 0 Å². The Morgan fingerprint density at radius 2 is 2.00 bits per heavy atom. The molecule has 0 fully saturated rings. The van der Waals surface area contributed by atoms with Crippen LogP contribution in [0.2, 0.25) is 5.02 Å². The zero-order valence-electron chi connectivity index (χ0n) is 11.1. The molecule has 1 aromatic rings. The minimum Gasteiger partial charge on any atom is -0.496 e. The Morgan fingerprint density at radius 1 is 1.37 bits per heavy atom. The van der Waals surface area contributed by atoms with Crippen LogP contribution in [0, 0.1) is 0 Å². The average molecular weight is 280 g/mol. The molecule has 0 bridgehead atoms. The van der Waals surface area contributed by atoms with Gasteiger partial charge >= 0.3 is 0 Å². The van der Waals surface area contributed by atoms with E-state index < -0.39 is 0 Å². The predicted molar refractivity (Wildman–Crippen MR) is 78.7 cm³/mol. The van der Waals surface area contributed by atoms with E-state index >= 15 is 0 Å². The van der Waals surface area contributed by atoms with Crippen LogP contribution < -0.4 is 4.74 Å². The molecule has 0 aliphatic carbocycles. The van der Waals surface area contributed by atoms with Crippen molar-refractivity contribution in [1.82, 2.24) is 4.90 Å². The molecular formula is C15H18ClNO2. The molecule has 102 valence electrons. The minimum absolute atomic E-state index is 0.0135. The quantitative estimate of drug-likeness (QED) is 0.718. The molecule has 0 aromatic heterocycles. The van der Waals surface area contributed by atoms with Crippen molar-refractivity contribution in [2.24, 2.45) is 0 Å². The summed E-state index contributed by atoms with van der Waals surface area (Å²) >= 11 is 5.95. The first-order chi connectivity index (χ1) is 9.12. The van der Waals surface area contributed by atoms with Gasteiger partial charge in [-0.15, -0.1) is 13.2 Å². The second-order valence-electron chi connectivity index (χ2n) is 4.01. The van der Waals surface area contributed by atoms with Crippen molar-refractivity contribution in [3.63, 3.8) is 0 Å². The molecule has 1 rings (SSSR count). The van der Waals surface area contributed by atoms with Crippen molar-refractivity contribution in [2.45, 2.75) is 6.42 Å². The summed E-state index contributed by atoms with van der Waals surface area (Å²) in [5.41, 5.74) is 0.776. The van der Waals surface area contributed by atoms with E-state index in [-0.39, 0.29) is 12.3 Å². The highest BCUT2D eigenvalue weighted by atomic mass is 35.5. The number of carbonyl (C=O) groups excluding carboxylic acids is 1. The summed E-state index contributed by atoms with van der Waals surface area (Å²) in [6.07, 6.45) is 3.62. The number of benzene rings is 1. The molecule has 0 radical (unpaired) electrons. The molecule has 3 nitrogen and oxygen atoms in total. The van der Waals surface area contributed by atoms with E-state index in [1.54, 1.807) is 42.4 Å². The molecule has 19 heavy (non-hydrogen) atoms. The Morgan fingerprint density at radius 3 is 2.53 bits per heavy atom. The topological polar surface area (TPSA) is 29.5 Å². The second-order valence-corrected chi connectivity index (χ2v) is 4.45. The number of halogens is 1. The maximum atomic E-state index is 12.2. The van der Waals surface area contributed by atoms with Crippen LogP contribution >= 0.6 is 11.6 Å². The Hall–Kier alpha value is -1.74. The molecule has 1 aromatic carbocycles. The number of hydrogen-bond acceptors (Lipinski definition) is 2. The van der Waals surface area contributed by atoms with Crippen LogP contribution in [-0.2, 0) is 11.2 Å². The average Bonchev–Trinajstić information content (AvgIpc) is 2.38. The summed E-state index contributed by atoms with van der Waals surface area (Å²) < 4.78 is 5.23. The van der Waals surface area contributed by atoms with E-state index in [1.165, 1.54) is 0 Å². The van der Waals surface area contributed by atoms with Crippen LogP contribution in [-0.4, -0.2) is 31.0 Å². The fourth-order valence-corrected chi connectivity index (χ4v) is 1.94. The van der Waals surface area contributed by atoms with Gasteiger partial charge in [0.05, 0.1) is 13.5 Å². The number of nitrogens with zero attached hydrogens (tertiary/aromatic N) is 1. The normalized spacial score (nSPS) is 9.79. The highest BCUT2D eigenvalue weighted by Gasteiger charge is 2.14. The zero-order chi connectivity index (χ0) is 14.3. The molecule has 0 spiro atoms. The van der Waals surface area contributed by atoms with Gasteiger partial charge in [-0.2, -0.15) is 0 Å². The van der Waals surface area contributed by atoms with Gasteiger partial charge in [0, 0.05) is 23.7 Å². The van der Waals surface area contributed by atoms with E-state index in [0.717, 1.165) is 5.56 Å². The Bertz CT molecular complexity index is 461. The van der Waals surface area contributed by atoms with E-state index in [9.17, 15) is 4.79 Å². The Kier molecular flexibility index (Phi) is 6.16. The molecule has 0 saturated heterocycles. The third-order valence-corrected chi connectivity index (χ3v) is 2.87. The molecule has 0 aliphatic rings. The van der Waals surface area contributed by atoms with Crippen LogP contribution in [0.1, 0.15) is 5.56 Å². The summed E-state index contributed by atoms with van der Waals surface area (Å²) in [5, 5.41) is 0.586. The first kappa shape index (κ1) is 15.3. The number of amides is 1. The Balaban J connectivity index is 2.87. The van der Waals surface area contributed by atoms with E-state index in [0.29, 0.717) is 23.9 Å². The van der Waals surface area contributed by atoms with Crippen molar-refractivity contribution in [3.05, 3.63) is 54.1 Å². The van der Waals surface area contributed by atoms with Crippen LogP contribution in [0.3, 0.4) is 0 Å². The lowest BCUT2D eigenvalue weighted by Gasteiger charge is -2.20. The molecule has 0 unspecified atom stereocenters. The van der Waals surface area contributed by atoms with Crippen molar-refractivity contribution in [1.29, 1.82) is 0 Å². The Labute approximate surface area is 119 Å². The molecule has 0 heterocycles. The van der Waals surface area contributed by atoms with Crippen molar-refractivity contribution >= 4 is 17.5 Å². The van der Waals surface area contributed by atoms with Gasteiger partial charge in [-0.05, 0) is 18.2 Å². The van der Waals surface area contributed by atoms with Gasteiger partial charge < -0.3 is 9.64 Å². The van der Waals surface area contributed by atoms with Crippen LogP contribution in [0.25, 0.3) is 0 Å². The second kappa shape index (κ2) is 7.64. The molecule has 0 saturated carbocycles. The maximum absolute atomic E-state index is 12.2. The summed E-state index contributed by atoms with van der Waals surface area (Å²) in [6, 6.07) is 5.24. The maximum Gasteiger partial charge on any atom is 0.227 e. The molecule has 0 N–H and O–H groups in total. The first-order valence-electron chi connectivity index (χ1n) is 5.94. The lowest BCUT2D eigenvalue weighted by Crippen LogP contribution is -2.32. The molecule has 0 aliphatic heterocycles. The van der Waals surface area contributed by atoms with Crippen LogP contribution in [0.15, 0.2) is 43.5 Å². The van der Waals surface area contributed by atoms with Gasteiger partial charge in [0.15, 0.2) is 0 Å². The van der Waals surface area contributed by atoms with Gasteiger partial charge in [0.25, 0.3) is 0 Å². The monoisotopic (exact) mass is 279 g/mol. The molecule has 1 amide bonds. The highest BCUT2D eigenvalue weighted by molar-refractivity contribution is 6.30. The smallest absolute Gasteiger partial charge is 0.227 e. The van der Waals surface area contributed by atoms with E-state index in [1.807, 2.05) is 0 Å². The van der Waals surface area contributed by atoms with Crippen LogP contribution in [0.5, 0.6) is 5.75 Å². The predicted octanol–water partition coefficient (Wildman–Crippen LogP) is 3.09. The highest BCUT2D eigenvalue weighted by Crippen LogP contribution is 2.23. The standard InChI is InChI=1S/C15H18ClNO2/c1-4-8-17(9-5-2)15(18)11-12-10-13(16)6-7-14(12)19-3/h4-7,10H,1-2,8-9,11H2,3H3. The van der Waals surface area contributed by atoms with Gasteiger partial charge in [-0.1, -0.05) is 23.8 Å². The van der Waals surface area contributed by atoms with Crippen molar-refractivity contribution in [3.8, 4) is 5.75 Å². The number of hydrogen-bond donors (Lipinski definition) is 0.